The van der Waals surface area contributed by atoms with Crippen LogP contribution in [0.4, 0.5) is 0 Å². The largest absolute Gasteiger partial charge is 0.464 e. The van der Waals surface area contributed by atoms with Gasteiger partial charge in [-0.05, 0) is 37.3 Å². The first kappa shape index (κ1) is 13.7. The standard InChI is InChI=1S/C15H14BrClN2O/c1-10-2-4-12(20-10)9-19-14-5-3-11(16)8-13(14)18-15(19)6-7-17/h2-5,8H,6-7,9H2,1H3. The first-order chi connectivity index (χ1) is 9.67. The molecule has 0 N–H and O–H groups in total. The van der Waals surface area contributed by atoms with Gasteiger partial charge in [-0.15, -0.1) is 11.6 Å². The molecule has 1 aromatic carbocycles. The Balaban J connectivity index is 2.08. The number of hydrogen-bond acceptors (Lipinski definition) is 2. The zero-order chi connectivity index (χ0) is 14.1. The summed E-state index contributed by atoms with van der Waals surface area (Å²) in [6.07, 6.45) is 0.744. The van der Waals surface area contributed by atoms with Crippen LogP contribution in [-0.2, 0) is 13.0 Å². The van der Waals surface area contributed by atoms with Crippen molar-refractivity contribution in [3.63, 3.8) is 0 Å². The minimum Gasteiger partial charge on any atom is -0.464 e. The van der Waals surface area contributed by atoms with Crippen LogP contribution in [0.3, 0.4) is 0 Å². The Hall–Kier alpha value is -1.26. The average molecular weight is 354 g/mol. The molecule has 5 heteroatoms. The molecule has 0 aliphatic carbocycles. The van der Waals surface area contributed by atoms with Gasteiger partial charge >= 0.3 is 0 Å². The van der Waals surface area contributed by atoms with Gasteiger partial charge in [0.25, 0.3) is 0 Å². The molecule has 0 spiro atoms. The lowest BCUT2D eigenvalue weighted by molar-refractivity contribution is 0.469. The number of halogens is 2. The fourth-order valence-corrected chi connectivity index (χ4v) is 2.85. The molecule has 3 aromatic rings. The number of nitrogens with zero attached hydrogens (tertiary/aromatic N) is 2. The number of benzene rings is 1. The van der Waals surface area contributed by atoms with Crippen molar-refractivity contribution < 1.29 is 4.42 Å². The molecule has 3 rings (SSSR count). The lowest BCUT2D eigenvalue weighted by atomic mass is 10.3. The van der Waals surface area contributed by atoms with Crippen LogP contribution in [0, 0.1) is 6.92 Å². The van der Waals surface area contributed by atoms with E-state index in [9.17, 15) is 0 Å². The number of aryl methyl sites for hydroxylation is 2. The molecule has 104 valence electrons. The van der Waals surface area contributed by atoms with Crippen LogP contribution in [0.1, 0.15) is 17.3 Å². The van der Waals surface area contributed by atoms with Crippen LogP contribution in [0.15, 0.2) is 39.2 Å². The highest BCUT2D eigenvalue weighted by molar-refractivity contribution is 9.10. The molecule has 0 atom stereocenters. The maximum atomic E-state index is 5.89. The minimum atomic E-state index is 0.557. The molecule has 0 saturated carbocycles. The van der Waals surface area contributed by atoms with Gasteiger partial charge in [-0.2, -0.15) is 0 Å². The maximum absolute atomic E-state index is 5.89. The Morgan fingerprint density at radius 2 is 2.15 bits per heavy atom. The second kappa shape index (κ2) is 5.62. The molecular weight excluding hydrogens is 340 g/mol. The van der Waals surface area contributed by atoms with Crippen molar-refractivity contribution in [3.8, 4) is 0 Å². The van der Waals surface area contributed by atoms with Gasteiger partial charge in [0.2, 0.25) is 0 Å². The predicted octanol–water partition coefficient (Wildman–Crippen LogP) is 4.53. The van der Waals surface area contributed by atoms with Crippen LogP contribution in [0.5, 0.6) is 0 Å². The number of aromatic nitrogens is 2. The maximum Gasteiger partial charge on any atom is 0.123 e. The van der Waals surface area contributed by atoms with E-state index in [0.717, 1.165) is 39.3 Å². The molecule has 0 fully saturated rings. The van der Waals surface area contributed by atoms with Gasteiger partial charge < -0.3 is 8.98 Å². The normalized spacial score (nSPS) is 11.3. The Morgan fingerprint density at radius 3 is 2.85 bits per heavy atom. The predicted molar refractivity (Wildman–Crippen MR) is 84.4 cm³/mol. The molecule has 3 nitrogen and oxygen atoms in total. The zero-order valence-corrected chi connectivity index (χ0v) is 13.4. The van der Waals surface area contributed by atoms with Gasteiger partial charge in [0.05, 0.1) is 17.6 Å². The van der Waals surface area contributed by atoms with E-state index in [-0.39, 0.29) is 0 Å². The molecule has 0 aliphatic heterocycles. The van der Waals surface area contributed by atoms with Crippen molar-refractivity contribution in [2.75, 3.05) is 5.88 Å². The fraction of sp³-hybridized carbons (Fsp3) is 0.267. The molecule has 0 aliphatic rings. The third-order valence-corrected chi connectivity index (χ3v) is 3.90. The van der Waals surface area contributed by atoms with Crippen molar-refractivity contribution in [3.05, 3.63) is 52.1 Å². The number of alkyl halides is 1. The number of imidazole rings is 1. The van der Waals surface area contributed by atoms with Crippen molar-refractivity contribution >= 4 is 38.6 Å². The highest BCUT2D eigenvalue weighted by Crippen LogP contribution is 2.23. The second-order valence-corrected chi connectivity index (χ2v) is 5.99. The van der Waals surface area contributed by atoms with Gasteiger partial charge in [0, 0.05) is 16.8 Å². The van der Waals surface area contributed by atoms with Gasteiger partial charge in [0.1, 0.15) is 17.3 Å². The summed E-state index contributed by atoms with van der Waals surface area (Å²) < 4.78 is 8.87. The van der Waals surface area contributed by atoms with Crippen molar-refractivity contribution in [1.29, 1.82) is 0 Å². The van der Waals surface area contributed by atoms with Gasteiger partial charge in [-0.1, -0.05) is 15.9 Å². The average Bonchev–Trinajstić information content (AvgIpc) is 2.95. The van der Waals surface area contributed by atoms with Gasteiger partial charge in [-0.25, -0.2) is 4.98 Å². The molecular formula is C15H14BrClN2O. The van der Waals surface area contributed by atoms with E-state index < -0.39 is 0 Å². The van der Waals surface area contributed by atoms with Crippen molar-refractivity contribution in [2.45, 2.75) is 19.9 Å². The third-order valence-electron chi connectivity index (χ3n) is 3.22. The van der Waals surface area contributed by atoms with Crippen molar-refractivity contribution in [1.82, 2.24) is 9.55 Å². The van der Waals surface area contributed by atoms with Crippen LogP contribution < -0.4 is 0 Å². The van der Waals surface area contributed by atoms with E-state index in [1.807, 2.05) is 31.2 Å². The molecule has 2 heterocycles. The van der Waals surface area contributed by atoms with Crippen LogP contribution in [0.2, 0.25) is 0 Å². The number of hydrogen-bond donors (Lipinski definition) is 0. The minimum absolute atomic E-state index is 0.557. The second-order valence-electron chi connectivity index (χ2n) is 4.70. The summed E-state index contributed by atoms with van der Waals surface area (Å²) in [7, 11) is 0. The number of furan rings is 1. The summed E-state index contributed by atoms with van der Waals surface area (Å²) in [4.78, 5) is 4.67. The molecule has 0 amide bonds. The number of fused-ring (bicyclic) bond motifs is 1. The van der Waals surface area contributed by atoms with Gasteiger partial charge in [-0.3, -0.25) is 0 Å². The van der Waals surface area contributed by atoms with Gasteiger partial charge in [0.15, 0.2) is 0 Å². The first-order valence-electron chi connectivity index (χ1n) is 6.43. The van der Waals surface area contributed by atoms with Crippen molar-refractivity contribution in [2.24, 2.45) is 0 Å². The lowest BCUT2D eigenvalue weighted by Gasteiger charge is -2.06. The SMILES string of the molecule is Cc1ccc(Cn2c(CCCl)nc3cc(Br)ccc32)o1. The smallest absolute Gasteiger partial charge is 0.123 e. The highest BCUT2D eigenvalue weighted by Gasteiger charge is 2.12. The summed E-state index contributed by atoms with van der Waals surface area (Å²) in [6.45, 7) is 2.63. The Labute approximate surface area is 130 Å². The van der Waals surface area contributed by atoms with Crippen LogP contribution >= 0.6 is 27.5 Å². The van der Waals surface area contributed by atoms with E-state index in [1.165, 1.54) is 0 Å². The first-order valence-corrected chi connectivity index (χ1v) is 7.76. The summed E-state index contributed by atoms with van der Waals surface area (Å²) in [5, 5.41) is 0. The Kier molecular flexibility index (Phi) is 3.85. The highest BCUT2D eigenvalue weighted by atomic mass is 79.9. The van der Waals surface area contributed by atoms with E-state index in [2.05, 4.69) is 31.5 Å². The Bertz CT molecular complexity index is 747. The van der Waals surface area contributed by atoms with E-state index in [1.54, 1.807) is 0 Å². The molecule has 20 heavy (non-hydrogen) atoms. The fourth-order valence-electron chi connectivity index (χ4n) is 2.33. The van der Waals surface area contributed by atoms with Crippen LogP contribution in [-0.4, -0.2) is 15.4 Å². The molecule has 0 saturated heterocycles. The monoisotopic (exact) mass is 352 g/mol. The van der Waals surface area contributed by atoms with Crippen LogP contribution in [0.25, 0.3) is 11.0 Å². The van der Waals surface area contributed by atoms with E-state index in [4.69, 9.17) is 16.0 Å². The summed E-state index contributed by atoms with van der Waals surface area (Å²) in [5.41, 5.74) is 2.07. The van der Waals surface area contributed by atoms with E-state index in [0.29, 0.717) is 12.4 Å². The molecule has 0 unspecified atom stereocenters. The summed E-state index contributed by atoms with van der Waals surface area (Å²) >= 11 is 9.37. The summed E-state index contributed by atoms with van der Waals surface area (Å²) in [5.74, 6) is 3.40. The molecule has 0 radical (unpaired) electrons. The molecule has 0 bridgehead atoms. The zero-order valence-electron chi connectivity index (χ0n) is 11.1. The molecule has 2 aromatic heterocycles. The van der Waals surface area contributed by atoms with E-state index >= 15 is 0 Å². The topological polar surface area (TPSA) is 31.0 Å². The Morgan fingerprint density at radius 1 is 1.30 bits per heavy atom. The quantitative estimate of drug-likeness (QED) is 0.645. The lowest BCUT2D eigenvalue weighted by Crippen LogP contribution is -2.05. The third kappa shape index (κ3) is 2.63. The summed E-state index contributed by atoms with van der Waals surface area (Å²) in [6, 6.07) is 10.1. The number of rotatable bonds is 4.